The molecule has 160 valence electrons. The Morgan fingerprint density at radius 2 is 1.65 bits per heavy atom. The van der Waals surface area contributed by atoms with Gasteiger partial charge < -0.3 is 25.4 Å². The van der Waals surface area contributed by atoms with E-state index in [9.17, 15) is 34.5 Å². The van der Waals surface area contributed by atoms with Gasteiger partial charge in [0.25, 0.3) is 11.4 Å². The monoisotopic (exact) mass is 426 g/mol. The summed E-state index contributed by atoms with van der Waals surface area (Å²) >= 11 is 0. The van der Waals surface area contributed by atoms with Crippen LogP contribution in [0.25, 0.3) is 5.57 Å². The molecule has 10 heteroatoms. The summed E-state index contributed by atoms with van der Waals surface area (Å²) < 4.78 is 5.14. The van der Waals surface area contributed by atoms with Crippen LogP contribution in [0.5, 0.6) is 5.75 Å². The number of aliphatic carboxylic acids is 2. The van der Waals surface area contributed by atoms with Crippen LogP contribution in [0.3, 0.4) is 0 Å². The van der Waals surface area contributed by atoms with Gasteiger partial charge in [0.05, 0.1) is 23.6 Å². The standard InChI is InChI=1S/C21H18N2O8/c1-31-11-6-7-16-14(10-11)15(21(23-16,19(27)28)20(29)30)8-9-22-17(24)12-4-2-3-5-13(12)18(25)26/h2-7,10H,8-9H2,1H3,(H,22,24)(H,25,26)(H,27,28)(H,29,30). The quantitative estimate of drug-likeness (QED) is 0.426. The van der Waals surface area contributed by atoms with Crippen molar-refractivity contribution in [2.24, 2.45) is 4.99 Å². The molecule has 1 amide bonds. The van der Waals surface area contributed by atoms with Crippen LogP contribution < -0.4 is 20.6 Å². The van der Waals surface area contributed by atoms with Crippen LogP contribution in [0.1, 0.15) is 27.1 Å². The lowest BCUT2D eigenvalue weighted by atomic mass is 9.88. The van der Waals surface area contributed by atoms with Crippen molar-refractivity contribution in [3.8, 4) is 5.75 Å². The smallest absolute Gasteiger partial charge is 0.347 e. The zero-order valence-corrected chi connectivity index (χ0v) is 16.3. The van der Waals surface area contributed by atoms with Crippen LogP contribution in [-0.2, 0) is 9.59 Å². The number of amides is 1. The Labute approximate surface area is 175 Å². The van der Waals surface area contributed by atoms with Crippen molar-refractivity contribution in [2.45, 2.75) is 12.0 Å². The molecule has 0 atom stereocenters. The highest BCUT2D eigenvalue weighted by Gasteiger charge is 2.52. The van der Waals surface area contributed by atoms with E-state index in [0.29, 0.717) is 11.0 Å². The molecule has 2 aromatic rings. The number of aromatic carboxylic acids is 1. The molecule has 1 aliphatic heterocycles. The van der Waals surface area contributed by atoms with Crippen molar-refractivity contribution < 1.29 is 39.2 Å². The van der Waals surface area contributed by atoms with E-state index in [2.05, 4.69) is 10.3 Å². The first kappa shape index (κ1) is 21.5. The Balaban J connectivity index is 1.95. The van der Waals surface area contributed by atoms with Gasteiger partial charge in [0.2, 0.25) is 0 Å². The maximum absolute atomic E-state index is 12.5. The van der Waals surface area contributed by atoms with E-state index >= 15 is 0 Å². The molecule has 0 radical (unpaired) electrons. The molecule has 0 saturated heterocycles. The van der Waals surface area contributed by atoms with Gasteiger partial charge in [0.15, 0.2) is 0 Å². The van der Waals surface area contributed by atoms with Gasteiger partial charge in [-0.25, -0.2) is 14.4 Å². The Bertz CT molecular complexity index is 1200. The third-order valence-electron chi connectivity index (χ3n) is 4.94. The lowest BCUT2D eigenvalue weighted by Crippen LogP contribution is -2.46. The molecule has 31 heavy (non-hydrogen) atoms. The van der Waals surface area contributed by atoms with Gasteiger partial charge in [-0.1, -0.05) is 12.1 Å². The fourth-order valence-electron chi connectivity index (χ4n) is 3.45. The largest absolute Gasteiger partial charge is 0.497 e. The average molecular weight is 426 g/mol. The van der Waals surface area contributed by atoms with E-state index in [1.807, 2.05) is 0 Å². The molecule has 0 bridgehead atoms. The number of hydrogen-bond acceptors (Lipinski definition) is 6. The number of nitrogens with one attached hydrogen (secondary N) is 1. The molecule has 0 fully saturated rings. The van der Waals surface area contributed by atoms with Crippen LogP contribution in [0.4, 0.5) is 0 Å². The summed E-state index contributed by atoms with van der Waals surface area (Å²) in [6.45, 7) is -0.142. The SMILES string of the molecule is COc1ccc2c(c1)=C(CCNC(=O)c1ccccc1C(=O)O)C(C(=O)O)(C(=O)O)N=2. The highest BCUT2D eigenvalue weighted by molar-refractivity contribution is 6.14. The number of carboxylic acid groups (broad SMARTS) is 3. The number of carboxylic acids is 3. The van der Waals surface area contributed by atoms with Crippen molar-refractivity contribution in [1.29, 1.82) is 0 Å². The van der Waals surface area contributed by atoms with Crippen LogP contribution in [0.2, 0.25) is 0 Å². The third-order valence-corrected chi connectivity index (χ3v) is 4.94. The summed E-state index contributed by atoms with van der Waals surface area (Å²) in [5, 5.41) is 31.6. The first-order chi connectivity index (χ1) is 14.7. The molecule has 10 nitrogen and oxygen atoms in total. The van der Waals surface area contributed by atoms with E-state index in [4.69, 9.17) is 4.74 Å². The molecule has 0 saturated carbocycles. The fraction of sp³-hybridized carbons (Fsp3) is 0.190. The zero-order chi connectivity index (χ0) is 22.8. The summed E-state index contributed by atoms with van der Waals surface area (Å²) in [4.78, 5) is 51.6. The fourth-order valence-corrected chi connectivity index (χ4v) is 3.45. The highest BCUT2D eigenvalue weighted by atomic mass is 16.5. The number of ether oxygens (including phenoxy) is 1. The first-order valence-electron chi connectivity index (χ1n) is 9.07. The second-order valence-electron chi connectivity index (χ2n) is 6.65. The molecule has 1 heterocycles. The van der Waals surface area contributed by atoms with Crippen LogP contribution in [0.15, 0.2) is 47.5 Å². The molecule has 2 aromatic carbocycles. The van der Waals surface area contributed by atoms with Crippen molar-refractivity contribution >= 4 is 29.4 Å². The minimum Gasteiger partial charge on any atom is -0.497 e. The van der Waals surface area contributed by atoms with Gasteiger partial charge in [-0.3, -0.25) is 9.79 Å². The maximum Gasteiger partial charge on any atom is 0.347 e. The van der Waals surface area contributed by atoms with Crippen LogP contribution in [-0.4, -0.2) is 58.3 Å². The van der Waals surface area contributed by atoms with Gasteiger partial charge in [-0.15, -0.1) is 0 Å². The number of benzene rings is 2. The summed E-state index contributed by atoms with van der Waals surface area (Å²) in [5.41, 5.74) is -2.81. The predicted molar refractivity (Wildman–Crippen MR) is 106 cm³/mol. The second kappa shape index (κ2) is 8.27. The number of nitrogens with zero attached hydrogens (tertiary/aromatic N) is 1. The van der Waals surface area contributed by atoms with E-state index < -0.39 is 29.4 Å². The lowest BCUT2D eigenvalue weighted by Gasteiger charge is -2.21. The van der Waals surface area contributed by atoms with Crippen molar-refractivity contribution in [3.63, 3.8) is 0 Å². The third kappa shape index (κ3) is 3.70. The number of rotatable bonds is 8. The molecule has 1 aliphatic rings. The normalized spacial score (nSPS) is 13.6. The second-order valence-corrected chi connectivity index (χ2v) is 6.65. The Morgan fingerprint density at radius 1 is 1.00 bits per heavy atom. The molecule has 3 rings (SSSR count). The van der Waals surface area contributed by atoms with Crippen molar-refractivity contribution in [1.82, 2.24) is 5.32 Å². The van der Waals surface area contributed by atoms with Gasteiger partial charge in [-0.2, -0.15) is 0 Å². The summed E-state index contributed by atoms with van der Waals surface area (Å²) in [6.07, 6.45) is -0.150. The Hall–Kier alpha value is -4.21. The predicted octanol–water partition coefficient (Wildman–Crippen LogP) is -0.0946. The number of carbonyl (C=O) groups excluding carboxylic acids is 1. The summed E-state index contributed by atoms with van der Waals surface area (Å²) in [7, 11) is 1.41. The average Bonchev–Trinajstić information content (AvgIpc) is 3.08. The van der Waals surface area contributed by atoms with Crippen molar-refractivity contribution in [3.05, 3.63) is 64.2 Å². The number of methoxy groups -OCH3 is 1. The molecule has 0 aliphatic carbocycles. The van der Waals surface area contributed by atoms with Gasteiger partial charge >= 0.3 is 17.9 Å². The molecule has 4 N–H and O–H groups in total. The maximum atomic E-state index is 12.5. The van der Waals surface area contributed by atoms with E-state index in [0.717, 1.165) is 0 Å². The number of hydrogen-bond donors (Lipinski definition) is 4. The summed E-state index contributed by atoms with van der Waals surface area (Å²) in [5.74, 6) is -4.89. The van der Waals surface area contributed by atoms with E-state index in [-0.39, 0.29) is 35.0 Å². The summed E-state index contributed by atoms with van der Waals surface area (Å²) in [6, 6.07) is 10.1. The minimum absolute atomic E-state index is 0.0202. The van der Waals surface area contributed by atoms with Gasteiger partial charge in [-0.05, 0) is 42.3 Å². The highest BCUT2D eigenvalue weighted by Crippen LogP contribution is 2.28. The molecule has 0 aromatic heterocycles. The molecule has 0 unspecified atom stereocenters. The first-order valence-corrected chi connectivity index (χ1v) is 9.07. The van der Waals surface area contributed by atoms with E-state index in [1.54, 1.807) is 0 Å². The molecular formula is C21H18N2O8. The van der Waals surface area contributed by atoms with Gasteiger partial charge in [0.1, 0.15) is 5.75 Å². The molecular weight excluding hydrogens is 408 g/mol. The van der Waals surface area contributed by atoms with E-state index in [1.165, 1.54) is 49.6 Å². The van der Waals surface area contributed by atoms with Gasteiger partial charge in [0, 0.05) is 11.8 Å². The number of carbonyl (C=O) groups is 4. The molecule has 0 spiro atoms. The van der Waals surface area contributed by atoms with Crippen LogP contribution >= 0.6 is 0 Å². The Kier molecular flexibility index (Phi) is 5.73. The lowest BCUT2D eigenvalue weighted by molar-refractivity contribution is -0.153. The minimum atomic E-state index is -2.53. The zero-order valence-electron chi connectivity index (χ0n) is 16.3. The Morgan fingerprint density at radius 3 is 2.23 bits per heavy atom. The van der Waals surface area contributed by atoms with Crippen LogP contribution in [0, 0.1) is 0 Å². The van der Waals surface area contributed by atoms with Crippen molar-refractivity contribution in [2.75, 3.05) is 13.7 Å². The number of fused-ring (bicyclic) bond motifs is 1. The topological polar surface area (TPSA) is 163 Å².